The van der Waals surface area contributed by atoms with Gasteiger partial charge >= 0.3 is 0 Å². The molecule has 0 aromatic heterocycles. The summed E-state index contributed by atoms with van der Waals surface area (Å²) >= 11 is 6.08. The van der Waals surface area contributed by atoms with Gasteiger partial charge in [0.1, 0.15) is 5.60 Å². The lowest BCUT2D eigenvalue weighted by Crippen LogP contribution is -2.44. The van der Waals surface area contributed by atoms with E-state index >= 15 is 0 Å². The van der Waals surface area contributed by atoms with Crippen LogP contribution >= 0.6 is 11.6 Å². The highest BCUT2D eigenvalue weighted by atomic mass is 35.5. The molecule has 1 N–H and O–H groups in total. The second-order valence-electron chi connectivity index (χ2n) is 7.20. The van der Waals surface area contributed by atoms with Gasteiger partial charge in [0.2, 0.25) is 0 Å². The molecule has 0 aliphatic heterocycles. The van der Waals surface area contributed by atoms with Gasteiger partial charge in [-0.05, 0) is 62.2 Å². The number of benzene rings is 2. The van der Waals surface area contributed by atoms with Gasteiger partial charge in [-0.15, -0.1) is 0 Å². The number of hydrogen-bond acceptors (Lipinski definition) is 2. The van der Waals surface area contributed by atoms with Gasteiger partial charge in [-0.25, -0.2) is 0 Å². The summed E-state index contributed by atoms with van der Waals surface area (Å²) in [4.78, 5) is 2.16. The summed E-state index contributed by atoms with van der Waals surface area (Å²) in [6, 6.07) is 17.9. The summed E-state index contributed by atoms with van der Waals surface area (Å²) in [5.41, 5.74) is 2.21. The maximum atomic E-state index is 11.9. The molecule has 2 unspecified atom stereocenters. The molecule has 2 aromatic carbocycles. The summed E-state index contributed by atoms with van der Waals surface area (Å²) in [5, 5.41) is 12.6. The van der Waals surface area contributed by atoms with Crippen molar-refractivity contribution < 1.29 is 5.11 Å². The lowest BCUT2D eigenvalue weighted by molar-refractivity contribution is -0.0174. The van der Waals surface area contributed by atoms with E-state index in [9.17, 15) is 5.11 Å². The van der Waals surface area contributed by atoms with Crippen molar-refractivity contribution in [1.29, 1.82) is 0 Å². The molecule has 1 saturated carbocycles. The minimum Gasteiger partial charge on any atom is -0.380 e. The molecule has 3 rings (SSSR count). The monoisotopic (exact) mass is 355 g/mol. The van der Waals surface area contributed by atoms with Crippen molar-refractivity contribution in [2.24, 2.45) is 5.92 Å². The molecule has 2 nitrogen and oxygen atoms in total. The van der Waals surface area contributed by atoms with Gasteiger partial charge in [0.15, 0.2) is 0 Å². The van der Waals surface area contributed by atoms with Gasteiger partial charge in [0.05, 0.1) is 0 Å². The predicted octanol–water partition coefficient (Wildman–Crippen LogP) is 4.97. The summed E-state index contributed by atoms with van der Waals surface area (Å²) in [6.07, 6.45) is 5.20. The Morgan fingerprint density at radius 2 is 1.80 bits per heavy atom. The molecule has 132 valence electrons. The van der Waals surface area contributed by atoms with Crippen molar-refractivity contribution in [2.45, 2.75) is 24.9 Å². The fourth-order valence-electron chi connectivity index (χ4n) is 3.92. The maximum absolute atomic E-state index is 11.9. The Balaban J connectivity index is 2.08. The van der Waals surface area contributed by atoms with Crippen molar-refractivity contribution in [2.75, 3.05) is 20.6 Å². The highest BCUT2D eigenvalue weighted by Crippen LogP contribution is 2.46. The van der Waals surface area contributed by atoms with Crippen LogP contribution in [0.25, 0.3) is 6.08 Å². The molecule has 0 amide bonds. The first kappa shape index (κ1) is 18.2. The van der Waals surface area contributed by atoms with Gasteiger partial charge in [0.25, 0.3) is 0 Å². The van der Waals surface area contributed by atoms with Crippen molar-refractivity contribution in [3.05, 3.63) is 76.3 Å². The van der Waals surface area contributed by atoms with Gasteiger partial charge in [-0.3, -0.25) is 0 Å². The summed E-state index contributed by atoms with van der Waals surface area (Å²) in [6.45, 7) is 0.852. The summed E-state index contributed by atoms with van der Waals surface area (Å²) in [5.74, 6) is 0.160. The largest absolute Gasteiger partial charge is 0.380 e. The molecule has 0 saturated heterocycles. The second kappa shape index (κ2) is 7.74. The fourth-order valence-corrected chi connectivity index (χ4v) is 4.05. The third-order valence-electron chi connectivity index (χ3n) is 5.09. The van der Waals surface area contributed by atoms with Crippen LogP contribution < -0.4 is 0 Å². The number of rotatable bonds is 4. The third kappa shape index (κ3) is 3.98. The van der Waals surface area contributed by atoms with E-state index in [2.05, 4.69) is 37.2 Å². The normalized spacial score (nSPS) is 25.5. The molecule has 2 aromatic rings. The van der Waals surface area contributed by atoms with Crippen LogP contribution in [-0.2, 0) is 5.60 Å². The lowest BCUT2D eigenvalue weighted by Gasteiger charge is -2.44. The second-order valence-corrected chi connectivity index (χ2v) is 7.64. The standard InChI is InChI=1S/C22H26ClNO/c1-24(2)16-20-10-6-9-19(15-17-7-4-3-5-8-17)22(20,25)18-11-13-21(23)14-12-18/h3-5,7-8,11-15,20,25H,6,9-10,16H2,1-2H3/b19-15+. The van der Waals surface area contributed by atoms with Crippen LogP contribution in [0.3, 0.4) is 0 Å². The molecule has 0 bridgehead atoms. The average molecular weight is 356 g/mol. The minimum absolute atomic E-state index is 0.160. The topological polar surface area (TPSA) is 23.5 Å². The van der Waals surface area contributed by atoms with Gasteiger partial charge in [-0.1, -0.05) is 60.1 Å². The van der Waals surface area contributed by atoms with E-state index in [4.69, 9.17) is 11.6 Å². The average Bonchev–Trinajstić information content (AvgIpc) is 2.60. The molecule has 3 heteroatoms. The van der Waals surface area contributed by atoms with Gasteiger partial charge in [-0.2, -0.15) is 0 Å². The van der Waals surface area contributed by atoms with E-state index in [0.717, 1.165) is 42.5 Å². The van der Waals surface area contributed by atoms with E-state index in [1.165, 1.54) is 0 Å². The summed E-state index contributed by atoms with van der Waals surface area (Å²) in [7, 11) is 4.13. The Hall–Kier alpha value is -1.61. The van der Waals surface area contributed by atoms with Gasteiger partial charge < -0.3 is 10.0 Å². The van der Waals surface area contributed by atoms with E-state index in [1.54, 1.807) is 0 Å². The molecule has 1 fully saturated rings. The molecular formula is C22H26ClNO. The predicted molar refractivity (Wildman–Crippen MR) is 106 cm³/mol. The van der Waals surface area contributed by atoms with Crippen molar-refractivity contribution in [3.63, 3.8) is 0 Å². The highest BCUT2D eigenvalue weighted by molar-refractivity contribution is 6.30. The molecule has 2 atom stereocenters. The number of halogens is 1. The molecule has 1 aliphatic carbocycles. The van der Waals surface area contributed by atoms with Crippen molar-refractivity contribution in [1.82, 2.24) is 4.90 Å². The van der Waals surface area contributed by atoms with Gasteiger partial charge in [0, 0.05) is 17.5 Å². The van der Waals surface area contributed by atoms with E-state index in [0.29, 0.717) is 5.02 Å². The van der Waals surface area contributed by atoms with E-state index in [-0.39, 0.29) is 5.92 Å². The number of hydrogen-bond donors (Lipinski definition) is 1. The first-order valence-electron chi connectivity index (χ1n) is 8.89. The van der Waals surface area contributed by atoms with Crippen LogP contribution in [0.15, 0.2) is 60.2 Å². The zero-order valence-electron chi connectivity index (χ0n) is 15.0. The number of nitrogens with zero attached hydrogens (tertiary/aromatic N) is 1. The molecule has 0 heterocycles. The van der Waals surface area contributed by atoms with Crippen LogP contribution in [0.5, 0.6) is 0 Å². The summed E-state index contributed by atoms with van der Waals surface area (Å²) < 4.78 is 0. The molecule has 0 spiro atoms. The zero-order chi connectivity index (χ0) is 17.9. The minimum atomic E-state index is -0.955. The Morgan fingerprint density at radius 1 is 1.12 bits per heavy atom. The Bertz CT molecular complexity index is 723. The van der Waals surface area contributed by atoms with Crippen LogP contribution in [0.2, 0.25) is 5.02 Å². The Labute approximate surface area is 155 Å². The first-order chi connectivity index (χ1) is 12.0. The first-order valence-corrected chi connectivity index (χ1v) is 9.27. The van der Waals surface area contributed by atoms with Crippen molar-refractivity contribution in [3.8, 4) is 0 Å². The Morgan fingerprint density at radius 3 is 2.44 bits per heavy atom. The smallest absolute Gasteiger partial charge is 0.115 e. The van der Waals surface area contributed by atoms with Crippen molar-refractivity contribution >= 4 is 17.7 Å². The zero-order valence-corrected chi connectivity index (χ0v) is 15.7. The number of aliphatic hydroxyl groups is 1. The van der Waals surface area contributed by atoms with Crippen LogP contribution in [0.1, 0.15) is 30.4 Å². The molecule has 0 radical (unpaired) electrons. The van der Waals surface area contributed by atoms with E-state index < -0.39 is 5.60 Å². The SMILES string of the molecule is CN(C)CC1CCC/C(=C\c2ccccc2)C1(O)c1ccc(Cl)cc1. The fraction of sp³-hybridized carbons (Fsp3) is 0.364. The molecule has 25 heavy (non-hydrogen) atoms. The van der Waals surface area contributed by atoms with E-state index in [1.807, 2.05) is 42.5 Å². The highest BCUT2D eigenvalue weighted by Gasteiger charge is 2.44. The van der Waals surface area contributed by atoms with Crippen LogP contribution in [0.4, 0.5) is 0 Å². The third-order valence-corrected chi connectivity index (χ3v) is 5.34. The lowest BCUT2D eigenvalue weighted by atomic mass is 9.67. The molecular weight excluding hydrogens is 330 g/mol. The van der Waals surface area contributed by atoms with Crippen LogP contribution in [0, 0.1) is 5.92 Å². The molecule has 1 aliphatic rings. The maximum Gasteiger partial charge on any atom is 0.115 e. The van der Waals surface area contributed by atoms with Crippen LogP contribution in [-0.4, -0.2) is 30.6 Å². The Kier molecular flexibility index (Phi) is 5.63. The quantitative estimate of drug-likeness (QED) is 0.836.